The van der Waals surface area contributed by atoms with Crippen molar-refractivity contribution in [2.75, 3.05) is 12.3 Å². The van der Waals surface area contributed by atoms with Gasteiger partial charge < -0.3 is 10.5 Å². The normalized spacial score (nSPS) is 10.8. The van der Waals surface area contributed by atoms with E-state index in [-0.39, 0.29) is 17.4 Å². The molecule has 3 rings (SSSR count). The number of fused-ring (bicyclic) bond motifs is 1. The van der Waals surface area contributed by atoms with E-state index in [1.165, 1.54) is 12.4 Å². The van der Waals surface area contributed by atoms with Crippen molar-refractivity contribution in [2.24, 2.45) is 0 Å². The second-order valence-corrected chi connectivity index (χ2v) is 4.09. The molecule has 2 N–H and O–H groups in total. The number of ether oxygens (including phenoxy) is 1. The average Bonchev–Trinajstić information content (AvgIpc) is 2.48. The maximum absolute atomic E-state index is 13.7. The highest BCUT2D eigenvalue weighted by atomic mass is 19.1. The zero-order valence-corrected chi connectivity index (χ0v) is 11.1. The summed E-state index contributed by atoms with van der Waals surface area (Å²) in [4.78, 5) is 20.0. The van der Waals surface area contributed by atoms with E-state index in [9.17, 15) is 4.39 Å². The Morgan fingerprint density at radius 3 is 2.86 bits per heavy atom. The maximum Gasteiger partial charge on any atom is 0.247 e. The molecule has 0 fully saturated rings. The molecule has 0 bridgehead atoms. The van der Waals surface area contributed by atoms with Crippen LogP contribution in [0.3, 0.4) is 0 Å². The van der Waals surface area contributed by atoms with Gasteiger partial charge in [0, 0.05) is 6.20 Å². The summed E-state index contributed by atoms with van der Waals surface area (Å²) in [5.41, 5.74) is 6.77. The molecule has 0 saturated carbocycles. The van der Waals surface area contributed by atoms with Crippen LogP contribution in [0.1, 0.15) is 6.92 Å². The second kappa shape index (κ2) is 5.23. The third-order valence-corrected chi connectivity index (χ3v) is 2.71. The molecule has 8 heteroatoms. The third kappa shape index (κ3) is 2.42. The Balaban J connectivity index is 2.22. The molecule has 7 nitrogen and oxygen atoms in total. The van der Waals surface area contributed by atoms with Crippen molar-refractivity contribution in [3.05, 3.63) is 30.5 Å². The molecular weight excluding hydrogens is 275 g/mol. The third-order valence-electron chi connectivity index (χ3n) is 2.71. The van der Waals surface area contributed by atoms with Crippen LogP contribution in [0.25, 0.3) is 22.4 Å². The summed E-state index contributed by atoms with van der Waals surface area (Å²) in [5.74, 6) is -0.361. The van der Waals surface area contributed by atoms with Gasteiger partial charge in [-0.05, 0) is 19.1 Å². The van der Waals surface area contributed by atoms with Crippen LogP contribution in [0.4, 0.5) is 10.3 Å². The lowest BCUT2D eigenvalue weighted by Gasteiger charge is -2.07. The zero-order valence-electron chi connectivity index (χ0n) is 11.1. The van der Waals surface area contributed by atoms with E-state index in [2.05, 4.69) is 24.9 Å². The number of hydrogen-bond donors (Lipinski definition) is 1. The van der Waals surface area contributed by atoms with Crippen LogP contribution in [-0.4, -0.2) is 31.5 Å². The van der Waals surface area contributed by atoms with Gasteiger partial charge in [-0.3, -0.25) is 0 Å². The molecule has 0 saturated heterocycles. The first-order valence-corrected chi connectivity index (χ1v) is 6.23. The highest BCUT2D eigenvalue weighted by molar-refractivity contribution is 5.79. The van der Waals surface area contributed by atoms with Gasteiger partial charge in [-0.15, -0.1) is 0 Å². The SMILES string of the molecule is CCOc1nc(N)nc2ncc(-c3cccnc3F)nc12. The van der Waals surface area contributed by atoms with E-state index in [0.29, 0.717) is 23.5 Å². The number of anilines is 1. The van der Waals surface area contributed by atoms with Gasteiger partial charge >= 0.3 is 0 Å². The van der Waals surface area contributed by atoms with E-state index >= 15 is 0 Å². The van der Waals surface area contributed by atoms with Crippen LogP contribution < -0.4 is 10.5 Å². The van der Waals surface area contributed by atoms with Crippen molar-refractivity contribution in [2.45, 2.75) is 6.92 Å². The summed E-state index contributed by atoms with van der Waals surface area (Å²) in [6, 6.07) is 3.18. The van der Waals surface area contributed by atoms with Gasteiger partial charge in [-0.2, -0.15) is 14.4 Å². The number of rotatable bonds is 3. The first kappa shape index (κ1) is 13.1. The molecule has 0 atom stereocenters. The standard InChI is InChI=1S/C13H11FN6O/c1-2-21-12-9-11(19-13(15)20-12)17-6-8(18-9)7-4-3-5-16-10(7)14/h3-6H,2H2,1H3,(H2,15,17,19,20). The summed E-state index contributed by atoms with van der Waals surface area (Å²) in [6.07, 6.45) is 2.77. The minimum absolute atomic E-state index is 0.0422. The average molecular weight is 286 g/mol. The first-order valence-electron chi connectivity index (χ1n) is 6.23. The highest BCUT2D eigenvalue weighted by Crippen LogP contribution is 2.24. The fraction of sp³-hybridized carbons (Fsp3) is 0.154. The topological polar surface area (TPSA) is 99.7 Å². The van der Waals surface area contributed by atoms with Crippen molar-refractivity contribution in [1.82, 2.24) is 24.9 Å². The lowest BCUT2D eigenvalue weighted by Crippen LogP contribution is -2.04. The number of hydrogen-bond acceptors (Lipinski definition) is 7. The fourth-order valence-electron chi connectivity index (χ4n) is 1.84. The predicted octanol–water partition coefficient (Wildman–Crippen LogP) is 1.60. The Morgan fingerprint density at radius 1 is 1.24 bits per heavy atom. The van der Waals surface area contributed by atoms with E-state index in [4.69, 9.17) is 10.5 Å². The van der Waals surface area contributed by atoms with E-state index < -0.39 is 5.95 Å². The van der Waals surface area contributed by atoms with E-state index in [1.807, 2.05) is 6.92 Å². The minimum atomic E-state index is -0.625. The number of halogens is 1. The zero-order chi connectivity index (χ0) is 14.8. The monoisotopic (exact) mass is 286 g/mol. The molecule has 0 aromatic carbocycles. The number of nitrogen functional groups attached to an aromatic ring is 1. The van der Waals surface area contributed by atoms with Gasteiger partial charge in [-0.1, -0.05) is 0 Å². The van der Waals surface area contributed by atoms with Gasteiger partial charge in [0.15, 0.2) is 11.2 Å². The van der Waals surface area contributed by atoms with Gasteiger partial charge in [0.1, 0.15) is 0 Å². The molecule has 0 unspecified atom stereocenters. The summed E-state index contributed by atoms with van der Waals surface area (Å²) in [5, 5.41) is 0. The van der Waals surface area contributed by atoms with Crippen molar-refractivity contribution >= 4 is 17.1 Å². The molecule has 0 spiro atoms. The number of pyridine rings is 1. The summed E-state index contributed by atoms with van der Waals surface area (Å²) < 4.78 is 19.1. The minimum Gasteiger partial charge on any atom is -0.476 e. The smallest absolute Gasteiger partial charge is 0.247 e. The Kier molecular flexibility index (Phi) is 3.27. The van der Waals surface area contributed by atoms with Gasteiger partial charge in [0.05, 0.1) is 24.1 Å². The quantitative estimate of drug-likeness (QED) is 0.730. The Hall–Kier alpha value is -2.90. The molecule has 0 radical (unpaired) electrons. The van der Waals surface area contributed by atoms with Crippen LogP contribution in [0, 0.1) is 5.95 Å². The Bertz CT molecular complexity index is 810. The van der Waals surface area contributed by atoms with Gasteiger partial charge in [-0.25, -0.2) is 15.0 Å². The largest absolute Gasteiger partial charge is 0.476 e. The molecule has 0 aliphatic carbocycles. The summed E-state index contributed by atoms with van der Waals surface area (Å²) in [6.45, 7) is 2.20. The first-order chi connectivity index (χ1) is 10.2. The molecule has 0 aliphatic rings. The molecular formula is C13H11FN6O. The van der Waals surface area contributed by atoms with Crippen LogP contribution in [0.2, 0.25) is 0 Å². The lowest BCUT2D eigenvalue weighted by molar-refractivity contribution is 0.330. The number of nitrogens with two attached hydrogens (primary N) is 1. The van der Waals surface area contributed by atoms with Crippen LogP contribution in [-0.2, 0) is 0 Å². The highest BCUT2D eigenvalue weighted by Gasteiger charge is 2.14. The van der Waals surface area contributed by atoms with Crippen molar-refractivity contribution < 1.29 is 9.13 Å². The fourth-order valence-corrected chi connectivity index (χ4v) is 1.84. The van der Waals surface area contributed by atoms with Crippen LogP contribution in [0.5, 0.6) is 5.88 Å². The Morgan fingerprint density at radius 2 is 2.10 bits per heavy atom. The predicted molar refractivity (Wildman–Crippen MR) is 73.9 cm³/mol. The van der Waals surface area contributed by atoms with Crippen LogP contribution >= 0.6 is 0 Å². The molecule has 3 aromatic heterocycles. The van der Waals surface area contributed by atoms with Crippen molar-refractivity contribution in [1.29, 1.82) is 0 Å². The van der Waals surface area contributed by atoms with Crippen molar-refractivity contribution in [3.8, 4) is 17.1 Å². The molecule has 0 aliphatic heterocycles. The second-order valence-electron chi connectivity index (χ2n) is 4.09. The van der Waals surface area contributed by atoms with Gasteiger partial charge in [0.25, 0.3) is 0 Å². The molecule has 0 amide bonds. The summed E-state index contributed by atoms with van der Waals surface area (Å²) >= 11 is 0. The Labute approximate surface area is 119 Å². The van der Waals surface area contributed by atoms with Crippen LogP contribution in [0.15, 0.2) is 24.5 Å². The van der Waals surface area contributed by atoms with E-state index in [0.717, 1.165) is 0 Å². The van der Waals surface area contributed by atoms with Crippen molar-refractivity contribution in [3.63, 3.8) is 0 Å². The summed E-state index contributed by atoms with van der Waals surface area (Å²) in [7, 11) is 0. The van der Waals surface area contributed by atoms with Gasteiger partial charge in [0.2, 0.25) is 17.8 Å². The maximum atomic E-state index is 13.7. The molecule has 21 heavy (non-hydrogen) atoms. The molecule has 3 heterocycles. The number of nitrogens with zero attached hydrogens (tertiary/aromatic N) is 5. The van der Waals surface area contributed by atoms with E-state index in [1.54, 1.807) is 12.1 Å². The molecule has 106 valence electrons. The number of aromatic nitrogens is 5. The lowest BCUT2D eigenvalue weighted by atomic mass is 10.2. The molecule has 3 aromatic rings.